The molecular formula is C37H42BrN9O8S2. The van der Waals surface area contributed by atoms with Crippen LogP contribution >= 0.6 is 23.3 Å². The Balaban J connectivity index is 0.00000549. The number of thioether (sulfide) groups is 1. The van der Waals surface area contributed by atoms with Crippen molar-refractivity contribution in [2.45, 2.75) is 77.2 Å². The van der Waals surface area contributed by atoms with Crippen LogP contribution in [0, 0.1) is 5.92 Å². The molecule has 1 aromatic carbocycles. The highest BCUT2D eigenvalue weighted by atomic mass is 79.9. The number of carbonyl (C=O) groups excluding carboxylic acids is 4. The third-order valence-corrected chi connectivity index (χ3v) is 10.9. The second-order valence-corrected chi connectivity index (χ2v) is 16.2. The van der Waals surface area contributed by atoms with Crippen molar-refractivity contribution in [3.63, 3.8) is 0 Å². The molecule has 2 N–H and O–H groups in total. The molecule has 3 aromatic heterocycles. The van der Waals surface area contributed by atoms with Crippen molar-refractivity contribution in [3.8, 4) is 5.75 Å². The van der Waals surface area contributed by atoms with Gasteiger partial charge in [0.1, 0.15) is 47.9 Å². The van der Waals surface area contributed by atoms with Gasteiger partial charge in [0.15, 0.2) is 11.8 Å². The number of imidazole rings is 1. The number of benzene rings is 1. The summed E-state index contributed by atoms with van der Waals surface area (Å²) in [5, 5.41) is 8.61. The number of fused-ring (bicyclic) bond motifs is 2. The van der Waals surface area contributed by atoms with Gasteiger partial charge in [-0.1, -0.05) is 17.3 Å². The number of carbonyl (C=O) groups is 4. The van der Waals surface area contributed by atoms with E-state index in [-0.39, 0.29) is 52.6 Å². The van der Waals surface area contributed by atoms with E-state index in [0.29, 0.717) is 29.5 Å². The number of anilines is 1. The van der Waals surface area contributed by atoms with E-state index in [0.717, 1.165) is 34.8 Å². The molecule has 2 aliphatic heterocycles. The van der Waals surface area contributed by atoms with E-state index in [1.807, 2.05) is 23.0 Å². The summed E-state index contributed by atoms with van der Waals surface area (Å²) in [5.41, 5.74) is 2.26. The van der Waals surface area contributed by atoms with Gasteiger partial charge in [0.2, 0.25) is 16.7 Å². The van der Waals surface area contributed by atoms with Crippen LogP contribution in [0.25, 0.3) is 11.2 Å². The zero-order valence-electron chi connectivity index (χ0n) is 31.9. The molecule has 7 rings (SSSR count). The van der Waals surface area contributed by atoms with Gasteiger partial charge < -0.3 is 41.3 Å². The molecule has 2 fully saturated rings. The highest BCUT2D eigenvalue weighted by Gasteiger charge is 2.55. The molecule has 17 nitrogen and oxygen atoms in total. The number of esters is 1. The number of ether oxygens (including phenoxy) is 3. The molecule has 2 atom stereocenters. The van der Waals surface area contributed by atoms with Gasteiger partial charge in [-0.05, 0) is 76.3 Å². The van der Waals surface area contributed by atoms with Crippen molar-refractivity contribution in [1.29, 1.82) is 0 Å². The van der Waals surface area contributed by atoms with E-state index in [1.165, 1.54) is 29.5 Å². The maximum atomic E-state index is 14.0. The number of halogens is 1. The molecule has 2 unspecified atom stereocenters. The van der Waals surface area contributed by atoms with E-state index in [2.05, 4.69) is 34.7 Å². The summed E-state index contributed by atoms with van der Waals surface area (Å²) in [7, 11) is 1.57. The molecule has 57 heavy (non-hydrogen) atoms. The predicted molar refractivity (Wildman–Crippen MR) is 205 cm³/mol. The zero-order chi connectivity index (χ0) is 39.6. The number of aromatic nitrogens is 5. The Labute approximate surface area is 347 Å². The van der Waals surface area contributed by atoms with E-state index in [4.69, 9.17) is 19.0 Å². The van der Waals surface area contributed by atoms with Gasteiger partial charge in [0, 0.05) is 22.9 Å². The average molecular weight is 885 g/mol. The highest BCUT2D eigenvalue weighted by molar-refractivity contribution is 8.00. The molecule has 1 saturated carbocycles. The Morgan fingerprint density at radius 1 is 1.12 bits per heavy atom. The van der Waals surface area contributed by atoms with Crippen molar-refractivity contribution < 1.29 is 59.8 Å². The van der Waals surface area contributed by atoms with Gasteiger partial charge in [-0.15, -0.1) is 16.7 Å². The standard InChI is InChI=1S/C37H41N9O8S2.BrH/c1-6-53-42-26(29-40-35(56-43-29)41-36(50)54-37(2,3)4)31(47)39-27-32(48)46-28(34(49)52-18-22-11-13-24(51-5)14-12-22)23(19-55-33(27)46)17-45-20-44(16-21-9-10-21)25-8-7-15-38-30(25)45;/h7-8,11-15,20-21,27,33H,6,9-10,16-19H2,1-5H3,(H-,39,40,41,43,47,50);1H/b42-26-;. The molecule has 1 aliphatic carbocycles. The lowest BCUT2D eigenvalue weighted by Crippen LogP contribution is -3.00. The van der Waals surface area contributed by atoms with Crippen molar-refractivity contribution in [2.24, 2.45) is 11.1 Å². The molecule has 3 aliphatic rings. The number of methoxy groups -OCH3 is 1. The number of β-lactam (4-membered cyclic amide) rings is 1. The molecule has 302 valence electrons. The third kappa shape index (κ3) is 9.56. The Hall–Kier alpha value is -5.08. The second kappa shape index (κ2) is 17.6. The number of amides is 3. The van der Waals surface area contributed by atoms with E-state index in [9.17, 15) is 19.2 Å². The molecular weight excluding hydrogens is 842 g/mol. The SMILES string of the molecule is CCO/N=C(\C(=O)NC1C(=O)N2C(C(=O)OCc3ccc(OC)cc3)=C(C[n+]3cn(CC4CC4)c4cccnc43)CSC12)c1nsc(NC(=O)OC(C)(C)C)n1.[Br-]. The smallest absolute Gasteiger partial charge is 0.414 e. The fourth-order valence-corrected chi connectivity index (χ4v) is 8.07. The Kier molecular flexibility index (Phi) is 12.8. The van der Waals surface area contributed by atoms with Crippen molar-refractivity contribution in [2.75, 3.05) is 24.8 Å². The van der Waals surface area contributed by atoms with Crippen LogP contribution in [0.15, 0.2) is 65.3 Å². The normalized spacial score (nSPS) is 17.9. The third-order valence-electron chi connectivity index (χ3n) is 8.94. The van der Waals surface area contributed by atoms with Gasteiger partial charge in [0.05, 0.1) is 20.2 Å². The molecule has 20 heteroatoms. The lowest BCUT2D eigenvalue weighted by molar-refractivity contribution is -0.665. The Morgan fingerprint density at radius 3 is 2.60 bits per heavy atom. The summed E-state index contributed by atoms with van der Waals surface area (Å²) in [6, 6.07) is 10.1. The van der Waals surface area contributed by atoms with E-state index < -0.39 is 40.9 Å². The van der Waals surface area contributed by atoms with Crippen LogP contribution in [0.4, 0.5) is 9.93 Å². The highest BCUT2D eigenvalue weighted by Crippen LogP contribution is 2.41. The first-order valence-corrected chi connectivity index (χ1v) is 19.9. The van der Waals surface area contributed by atoms with Crippen molar-refractivity contribution in [1.82, 2.24) is 29.1 Å². The monoisotopic (exact) mass is 883 g/mol. The van der Waals surface area contributed by atoms with Crippen LogP contribution in [0.5, 0.6) is 5.75 Å². The minimum atomic E-state index is -1.02. The lowest BCUT2D eigenvalue weighted by Gasteiger charge is -2.49. The number of hydrogen-bond acceptors (Lipinski definition) is 14. The van der Waals surface area contributed by atoms with Crippen LogP contribution in [-0.2, 0) is 48.4 Å². The maximum Gasteiger partial charge on any atom is 0.414 e. The molecule has 0 radical (unpaired) electrons. The maximum absolute atomic E-state index is 14.0. The van der Waals surface area contributed by atoms with Crippen LogP contribution in [-0.4, -0.2) is 89.9 Å². The Bertz CT molecular complexity index is 2220. The molecule has 5 heterocycles. The van der Waals surface area contributed by atoms with Crippen LogP contribution in [0.1, 0.15) is 51.9 Å². The number of hydrogen-bond donors (Lipinski definition) is 2. The van der Waals surface area contributed by atoms with Gasteiger partial charge in [-0.2, -0.15) is 9.36 Å². The number of nitrogens with zero attached hydrogens (tertiary/aromatic N) is 7. The first kappa shape index (κ1) is 41.6. The second-order valence-electron chi connectivity index (χ2n) is 14.3. The van der Waals surface area contributed by atoms with Crippen LogP contribution < -0.4 is 36.9 Å². The summed E-state index contributed by atoms with van der Waals surface area (Å²) >= 11 is 2.23. The first-order valence-electron chi connectivity index (χ1n) is 18.1. The minimum Gasteiger partial charge on any atom is -1.00 e. The molecule has 0 spiro atoms. The largest absolute Gasteiger partial charge is 1.00 e. The van der Waals surface area contributed by atoms with E-state index in [1.54, 1.807) is 65.3 Å². The number of nitrogens with one attached hydrogen (secondary N) is 2. The van der Waals surface area contributed by atoms with Gasteiger partial charge in [0.25, 0.3) is 11.8 Å². The molecule has 1 saturated heterocycles. The topological polar surface area (TPSA) is 192 Å². The van der Waals surface area contributed by atoms with Crippen molar-refractivity contribution >= 4 is 69.2 Å². The van der Waals surface area contributed by atoms with Gasteiger partial charge in [-0.3, -0.25) is 24.4 Å². The summed E-state index contributed by atoms with van der Waals surface area (Å²) in [6.45, 7) is 8.13. The van der Waals surface area contributed by atoms with Crippen molar-refractivity contribution in [3.05, 3.63) is 71.6 Å². The minimum absolute atomic E-state index is 0. The fourth-order valence-electron chi connectivity index (χ4n) is 6.18. The van der Waals surface area contributed by atoms with E-state index >= 15 is 0 Å². The lowest BCUT2D eigenvalue weighted by atomic mass is 10.0. The summed E-state index contributed by atoms with van der Waals surface area (Å²) in [5.74, 6) is -0.398. The molecule has 3 amide bonds. The number of pyridine rings is 1. The zero-order valence-corrected chi connectivity index (χ0v) is 35.1. The molecule has 4 aromatic rings. The first-order chi connectivity index (χ1) is 26.9. The van der Waals surface area contributed by atoms with Gasteiger partial charge in [-0.25, -0.2) is 14.2 Å². The van der Waals surface area contributed by atoms with Crippen LogP contribution in [0.3, 0.4) is 0 Å². The number of oxime groups is 1. The fraction of sp³-hybridized carbons (Fsp3) is 0.432. The number of rotatable bonds is 14. The predicted octanol–water partition coefficient (Wildman–Crippen LogP) is 0.783. The summed E-state index contributed by atoms with van der Waals surface area (Å²) < 4.78 is 24.7. The summed E-state index contributed by atoms with van der Waals surface area (Å²) in [6.07, 6.45) is 5.38. The molecule has 0 bridgehead atoms. The quantitative estimate of drug-likeness (QED) is 0.0596. The summed E-state index contributed by atoms with van der Waals surface area (Å²) in [4.78, 5) is 69.5. The Morgan fingerprint density at radius 2 is 1.89 bits per heavy atom. The average Bonchev–Trinajstić information content (AvgIpc) is 3.78. The van der Waals surface area contributed by atoms with Gasteiger partial charge >= 0.3 is 17.7 Å². The van der Waals surface area contributed by atoms with Crippen LogP contribution in [0.2, 0.25) is 0 Å².